The summed E-state index contributed by atoms with van der Waals surface area (Å²) < 4.78 is 1.55. The van der Waals surface area contributed by atoms with Gasteiger partial charge in [-0.1, -0.05) is 0 Å². The Hall–Kier alpha value is -2.95. The van der Waals surface area contributed by atoms with Gasteiger partial charge in [-0.2, -0.15) is 10.4 Å². The van der Waals surface area contributed by atoms with Crippen molar-refractivity contribution in [1.82, 2.24) is 14.8 Å². The fraction of sp³-hybridized carbons (Fsp3) is 0.100. The molecule has 0 bridgehead atoms. The minimum absolute atomic E-state index is 0.0534. The Labute approximate surface area is 102 Å². The monoisotopic (exact) mass is 244 g/mol. The fourth-order valence-electron chi connectivity index (χ4n) is 1.35. The van der Waals surface area contributed by atoms with Gasteiger partial charge in [0.25, 0.3) is 0 Å². The molecular weight excluding hydrogens is 236 g/mol. The highest BCUT2D eigenvalue weighted by Crippen LogP contribution is 2.25. The van der Waals surface area contributed by atoms with Crippen LogP contribution in [0.2, 0.25) is 0 Å². The van der Waals surface area contributed by atoms with Crippen molar-refractivity contribution < 1.29 is 4.92 Å². The number of hydrogen-bond acceptors (Lipinski definition) is 6. The summed E-state index contributed by atoms with van der Waals surface area (Å²) in [5.74, 6) is 0.496. The van der Waals surface area contributed by atoms with Crippen molar-refractivity contribution in [2.24, 2.45) is 7.05 Å². The molecule has 2 aromatic rings. The third kappa shape index (κ3) is 2.25. The molecule has 0 spiro atoms. The van der Waals surface area contributed by atoms with Crippen molar-refractivity contribution in [3.8, 4) is 6.07 Å². The Morgan fingerprint density at radius 1 is 1.61 bits per heavy atom. The van der Waals surface area contributed by atoms with Gasteiger partial charge >= 0.3 is 5.69 Å². The second kappa shape index (κ2) is 4.50. The Morgan fingerprint density at radius 3 is 2.94 bits per heavy atom. The summed E-state index contributed by atoms with van der Waals surface area (Å²) in [6, 6.07) is 4.62. The molecule has 0 saturated heterocycles. The van der Waals surface area contributed by atoms with Crippen LogP contribution >= 0.6 is 0 Å². The molecule has 18 heavy (non-hydrogen) atoms. The van der Waals surface area contributed by atoms with Gasteiger partial charge in [0.05, 0.1) is 10.5 Å². The number of aryl methyl sites for hydroxylation is 1. The Balaban J connectivity index is 2.38. The van der Waals surface area contributed by atoms with Gasteiger partial charge in [0.1, 0.15) is 6.07 Å². The smallest absolute Gasteiger partial charge is 0.313 e. The summed E-state index contributed by atoms with van der Waals surface area (Å²) in [6.07, 6.45) is 2.95. The van der Waals surface area contributed by atoms with Crippen molar-refractivity contribution in [2.75, 3.05) is 5.32 Å². The lowest BCUT2D eigenvalue weighted by molar-refractivity contribution is -0.384. The Bertz CT molecular complexity index is 642. The topological polar surface area (TPSA) is 110 Å². The van der Waals surface area contributed by atoms with Crippen molar-refractivity contribution in [3.63, 3.8) is 0 Å². The zero-order chi connectivity index (χ0) is 13.1. The first-order valence-corrected chi connectivity index (χ1v) is 4.91. The molecule has 0 fully saturated rings. The van der Waals surface area contributed by atoms with Gasteiger partial charge in [0, 0.05) is 31.6 Å². The van der Waals surface area contributed by atoms with Crippen LogP contribution < -0.4 is 5.32 Å². The van der Waals surface area contributed by atoms with Gasteiger partial charge in [0.15, 0.2) is 5.82 Å². The maximum absolute atomic E-state index is 10.9. The van der Waals surface area contributed by atoms with E-state index < -0.39 is 4.92 Å². The molecule has 0 aromatic carbocycles. The lowest BCUT2D eigenvalue weighted by Crippen LogP contribution is -2.01. The third-order valence-electron chi connectivity index (χ3n) is 2.15. The molecule has 0 aliphatic carbocycles. The van der Waals surface area contributed by atoms with E-state index in [0.29, 0.717) is 5.82 Å². The molecule has 2 aromatic heterocycles. The number of rotatable bonds is 3. The molecule has 8 heteroatoms. The molecular formula is C10H8N6O2. The minimum atomic E-state index is -0.598. The van der Waals surface area contributed by atoms with Crippen LogP contribution in [0.1, 0.15) is 5.56 Å². The van der Waals surface area contributed by atoms with Crippen LogP contribution in [-0.4, -0.2) is 19.7 Å². The first kappa shape index (κ1) is 11.5. The second-order valence-electron chi connectivity index (χ2n) is 3.46. The van der Waals surface area contributed by atoms with Crippen molar-refractivity contribution in [2.45, 2.75) is 0 Å². The molecule has 0 aliphatic heterocycles. The third-order valence-corrected chi connectivity index (χ3v) is 2.15. The predicted molar refractivity (Wildman–Crippen MR) is 62.1 cm³/mol. The van der Waals surface area contributed by atoms with Crippen molar-refractivity contribution in [1.29, 1.82) is 5.26 Å². The zero-order valence-electron chi connectivity index (χ0n) is 9.36. The highest BCUT2D eigenvalue weighted by Gasteiger charge is 2.17. The van der Waals surface area contributed by atoms with Crippen LogP contribution in [0.5, 0.6) is 0 Å². The van der Waals surface area contributed by atoms with Crippen LogP contribution in [0.4, 0.5) is 17.3 Å². The normalized spacial score (nSPS) is 9.78. The molecule has 0 amide bonds. The van der Waals surface area contributed by atoms with E-state index in [1.165, 1.54) is 6.20 Å². The maximum atomic E-state index is 10.9. The average molecular weight is 244 g/mol. The number of nitro groups is 1. The number of nitrogens with zero attached hydrogens (tertiary/aromatic N) is 5. The standard InChI is InChI=1S/C10H8N6O2/c1-15-3-2-9(14-15)13-10-8(16(17)18)4-7(5-11)6-12-10/h2-4,6H,1H3,(H,12,13,14). The summed E-state index contributed by atoms with van der Waals surface area (Å²) in [5, 5.41) is 26.3. The lowest BCUT2D eigenvalue weighted by atomic mass is 10.3. The van der Waals surface area contributed by atoms with Gasteiger partial charge in [-0.15, -0.1) is 0 Å². The van der Waals surface area contributed by atoms with Crippen LogP contribution in [0.25, 0.3) is 0 Å². The molecule has 2 rings (SSSR count). The number of nitrogens with one attached hydrogen (secondary N) is 1. The summed E-state index contributed by atoms with van der Waals surface area (Å²) in [6.45, 7) is 0. The van der Waals surface area contributed by atoms with Gasteiger partial charge < -0.3 is 5.32 Å². The number of aromatic nitrogens is 3. The van der Waals surface area contributed by atoms with Crippen molar-refractivity contribution in [3.05, 3.63) is 40.2 Å². The first-order valence-electron chi connectivity index (χ1n) is 4.91. The molecule has 90 valence electrons. The van der Waals surface area contributed by atoms with Gasteiger partial charge in [-0.3, -0.25) is 14.8 Å². The molecule has 2 heterocycles. The number of pyridine rings is 1. The molecule has 1 N–H and O–H groups in total. The highest BCUT2D eigenvalue weighted by molar-refractivity contribution is 5.64. The second-order valence-corrected chi connectivity index (χ2v) is 3.46. The van der Waals surface area contributed by atoms with E-state index >= 15 is 0 Å². The van der Waals surface area contributed by atoms with E-state index in [4.69, 9.17) is 5.26 Å². The van der Waals surface area contributed by atoms with E-state index in [1.54, 1.807) is 30.1 Å². The summed E-state index contributed by atoms with van der Waals surface area (Å²) >= 11 is 0. The molecule has 0 atom stereocenters. The summed E-state index contributed by atoms with van der Waals surface area (Å²) in [5.41, 5.74) is -0.132. The zero-order valence-corrected chi connectivity index (χ0v) is 9.36. The van der Waals surface area contributed by atoms with Crippen LogP contribution in [-0.2, 0) is 7.05 Å². The van der Waals surface area contributed by atoms with E-state index in [0.717, 1.165) is 6.07 Å². The first-order chi connectivity index (χ1) is 8.60. The SMILES string of the molecule is Cn1ccc(Nc2ncc(C#N)cc2[N+](=O)[O-])n1. The summed E-state index contributed by atoms with van der Waals surface area (Å²) in [4.78, 5) is 14.1. The van der Waals surface area contributed by atoms with Crippen molar-refractivity contribution >= 4 is 17.3 Å². The molecule has 0 saturated carbocycles. The van der Waals surface area contributed by atoms with Crippen LogP contribution in [0, 0.1) is 21.4 Å². The fourth-order valence-corrected chi connectivity index (χ4v) is 1.35. The van der Waals surface area contributed by atoms with Gasteiger partial charge in [-0.05, 0) is 0 Å². The van der Waals surface area contributed by atoms with Gasteiger partial charge in [0.2, 0.25) is 5.82 Å². The lowest BCUT2D eigenvalue weighted by Gasteiger charge is -2.02. The average Bonchev–Trinajstić information content (AvgIpc) is 2.75. The minimum Gasteiger partial charge on any atom is -0.318 e. The van der Waals surface area contributed by atoms with Gasteiger partial charge in [-0.25, -0.2) is 4.98 Å². The van der Waals surface area contributed by atoms with E-state index in [9.17, 15) is 10.1 Å². The maximum Gasteiger partial charge on any atom is 0.313 e. The summed E-state index contributed by atoms with van der Waals surface area (Å²) in [7, 11) is 1.73. The Kier molecular flexibility index (Phi) is 2.89. The quantitative estimate of drug-likeness (QED) is 0.644. The number of hydrogen-bond donors (Lipinski definition) is 1. The molecule has 0 aliphatic rings. The van der Waals surface area contributed by atoms with E-state index in [2.05, 4.69) is 15.4 Å². The number of anilines is 2. The molecule has 0 radical (unpaired) electrons. The number of nitriles is 1. The highest BCUT2D eigenvalue weighted by atomic mass is 16.6. The Morgan fingerprint density at radius 2 is 2.39 bits per heavy atom. The molecule has 0 unspecified atom stereocenters. The van der Waals surface area contributed by atoms with E-state index in [1.807, 2.05) is 0 Å². The van der Waals surface area contributed by atoms with E-state index in [-0.39, 0.29) is 17.1 Å². The van der Waals surface area contributed by atoms with Crippen LogP contribution in [0.3, 0.4) is 0 Å². The predicted octanol–water partition coefficient (Wildman–Crippen LogP) is 1.34. The van der Waals surface area contributed by atoms with Crippen LogP contribution in [0.15, 0.2) is 24.5 Å². The molecule has 8 nitrogen and oxygen atoms in total. The largest absolute Gasteiger partial charge is 0.318 e.